The number of rotatable bonds is 4. The summed E-state index contributed by atoms with van der Waals surface area (Å²) in [5.74, 6) is 5.04. The van der Waals surface area contributed by atoms with Gasteiger partial charge in [-0.3, -0.25) is 4.79 Å². The second-order valence-corrected chi connectivity index (χ2v) is 10.6. The Morgan fingerprint density at radius 1 is 1.07 bits per heavy atom. The summed E-state index contributed by atoms with van der Waals surface area (Å²) in [5, 5.41) is 3.48. The molecule has 3 N–H and O–H groups in total. The maximum atomic E-state index is 13.7. The Hall–Kier alpha value is -1.79. The van der Waals surface area contributed by atoms with Gasteiger partial charge in [0.2, 0.25) is 5.91 Å². The van der Waals surface area contributed by atoms with Crippen LogP contribution in [0.15, 0.2) is 30.3 Å². The van der Waals surface area contributed by atoms with Crippen molar-refractivity contribution in [3.05, 3.63) is 35.9 Å². The van der Waals surface area contributed by atoms with Gasteiger partial charge in [0.05, 0.1) is 5.41 Å². The van der Waals surface area contributed by atoms with Crippen LogP contribution in [0.4, 0.5) is 0 Å². The zero-order valence-electron chi connectivity index (χ0n) is 17.4. The number of amides is 1. The standard InChI is InChI=1S/C26H34N2O/c1-2-6-23-18-13-25(20-7-4-3-5-8-20)14-19(23)16-26(15-18,17-25)24(29)28-22-11-9-21(27)10-12-22/h1,3-5,7-8,18-19,21-23H,6,9-17,27H2,(H,28,29)/t18?,19?,21-,22-,23?,25?,26?. The second kappa shape index (κ2) is 7.17. The maximum Gasteiger partial charge on any atom is 0.226 e. The van der Waals surface area contributed by atoms with Crippen LogP contribution in [0.1, 0.15) is 69.8 Å². The highest BCUT2D eigenvalue weighted by Crippen LogP contribution is 2.68. The van der Waals surface area contributed by atoms with Gasteiger partial charge in [-0.2, -0.15) is 0 Å². The normalized spacial score (nSPS) is 43.0. The van der Waals surface area contributed by atoms with E-state index in [1.807, 2.05) is 0 Å². The first kappa shape index (κ1) is 19.2. The smallest absolute Gasteiger partial charge is 0.226 e. The van der Waals surface area contributed by atoms with Crippen LogP contribution in [0.5, 0.6) is 0 Å². The Morgan fingerprint density at radius 3 is 2.34 bits per heavy atom. The van der Waals surface area contributed by atoms with Gasteiger partial charge in [0.25, 0.3) is 0 Å². The molecule has 2 atom stereocenters. The SMILES string of the molecule is C#CCC1C2CC3(C(=O)N[C@H]4CC[C@H](N)CC4)CC1CC(c1ccccc1)(C2)C3. The van der Waals surface area contributed by atoms with E-state index >= 15 is 0 Å². The average Bonchev–Trinajstić information content (AvgIpc) is 2.72. The van der Waals surface area contributed by atoms with Gasteiger partial charge in [-0.05, 0) is 86.5 Å². The molecule has 0 radical (unpaired) electrons. The van der Waals surface area contributed by atoms with Gasteiger partial charge in [0.1, 0.15) is 0 Å². The predicted octanol–water partition coefficient (Wildman–Crippen LogP) is 4.16. The first-order valence-electron chi connectivity index (χ1n) is 11.6. The van der Waals surface area contributed by atoms with Crippen LogP contribution in [0.3, 0.4) is 0 Å². The van der Waals surface area contributed by atoms with E-state index in [1.54, 1.807) is 0 Å². The summed E-state index contributed by atoms with van der Waals surface area (Å²) in [7, 11) is 0. The Bertz CT molecular complexity index is 786. The van der Waals surface area contributed by atoms with Gasteiger partial charge in [-0.25, -0.2) is 0 Å². The van der Waals surface area contributed by atoms with Crippen LogP contribution in [0.2, 0.25) is 0 Å². The Morgan fingerprint density at radius 2 is 1.72 bits per heavy atom. The van der Waals surface area contributed by atoms with Gasteiger partial charge in [0.15, 0.2) is 0 Å². The molecule has 5 fully saturated rings. The van der Waals surface area contributed by atoms with E-state index in [2.05, 4.69) is 41.6 Å². The van der Waals surface area contributed by atoms with Crippen molar-refractivity contribution in [2.45, 2.75) is 81.7 Å². The highest BCUT2D eigenvalue weighted by atomic mass is 16.2. The first-order valence-corrected chi connectivity index (χ1v) is 11.6. The molecule has 2 unspecified atom stereocenters. The van der Waals surface area contributed by atoms with E-state index in [9.17, 15) is 4.79 Å². The number of hydrogen-bond donors (Lipinski definition) is 2. The molecule has 3 nitrogen and oxygen atoms in total. The number of hydrogen-bond acceptors (Lipinski definition) is 2. The first-order chi connectivity index (χ1) is 14.0. The minimum Gasteiger partial charge on any atom is -0.353 e. The van der Waals surface area contributed by atoms with Crippen LogP contribution in [-0.2, 0) is 10.2 Å². The molecular weight excluding hydrogens is 356 g/mol. The molecule has 0 aromatic heterocycles. The molecule has 1 amide bonds. The van der Waals surface area contributed by atoms with E-state index in [0.29, 0.717) is 35.7 Å². The van der Waals surface area contributed by atoms with Crippen molar-refractivity contribution >= 4 is 5.91 Å². The van der Waals surface area contributed by atoms with Gasteiger partial charge < -0.3 is 11.1 Å². The van der Waals surface area contributed by atoms with Crippen LogP contribution < -0.4 is 11.1 Å². The van der Waals surface area contributed by atoms with Crippen molar-refractivity contribution in [2.75, 3.05) is 0 Å². The molecule has 0 aliphatic heterocycles. The predicted molar refractivity (Wildman–Crippen MR) is 116 cm³/mol. The summed E-state index contributed by atoms with van der Waals surface area (Å²) in [6.07, 6.45) is 16.2. The lowest BCUT2D eigenvalue weighted by Gasteiger charge is -2.64. The zero-order chi connectivity index (χ0) is 20.1. The van der Waals surface area contributed by atoms with Gasteiger partial charge in [0, 0.05) is 18.5 Å². The van der Waals surface area contributed by atoms with Crippen molar-refractivity contribution in [3.8, 4) is 12.3 Å². The van der Waals surface area contributed by atoms with Gasteiger partial charge in [-0.15, -0.1) is 12.3 Å². The maximum absolute atomic E-state index is 13.7. The lowest BCUT2D eigenvalue weighted by atomic mass is 9.39. The molecule has 1 aromatic rings. The largest absolute Gasteiger partial charge is 0.353 e. The number of carbonyl (C=O) groups excluding carboxylic acids is 1. The Labute approximate surface area is 175 Å². The summed E-state index contributed by atoms with van der Waals surface area (Å²) in [6, 6.07) is 11.6. The van der Waals surface area contributed by atoms with Gasteiger partial charge >= 0.3 is 0 Å². The van der Waals surface area contributed by atoms with Crippen molar-refractivity contribution in [1.29, 1.82) is 0 Å². The number of benzene rings is 1. The summed E-state index contributed by atoms with van der Waals surface area (Å²) in [4.78, 5) is 13.7. The zero-order valence-corrected chi connectivity index (χ0v) is 17.4. The number of nitrogens with one attached hydrogen (secondary N) is 1. The summed E-state index contributed by atoms with van der Waals surface area (Å²) in [5.41, 5.74) is 7.47. The molecule has 5 saturated carbocycles. The molecule has 5 aliphatic rings. The Balaban J connectivity index is 1.43. The molecule has 4 bridgehead atoms. The van der Waals surface area contributed by atoms with Gasteiger partial charge in [-0.1, -0.05) is 30.3 Å². The molecular formula is C26H34N2O. The van der Waals surface area contributed by atoms with E-state index in [1.165, 1.54) is 18.4 Å². The van der Waals surface area contributed by atoms with E-state index in [-0.39, 0.29) is 10.8 Å². The van der Waals surface area contributed by atoms with Crippen molar-refractivity contribution in [2.24, 2.45) is 28.9 Å². The molecule has 3 heteroatoms. The average molecular weight is 391 g/mol. The molecule has 1 aromatic carbocycles. The topological polar surface area (TPSA) is 55.1 Å². The van der Waals surface area contributed by atoms with Crippen LogP contribution >= 0.6 is 0 Å². The molecule has 0 saturated heterocycles. The molecule has 5 aliphatic carbocycles. The molecule has 29 heavy (non-hydrogen) atoms. The van der Waals surface area contributed by atoms with Crippen LogP contribution in [0, 0.1) is 35.5 Å². The lowest BCUT2D eigenvalue weighted by Crippen LogP contribution is -2.62. The third-order valence-corrected chi connectivity index (χ3v) is 8.83. The van der Waals surface area contributed by atoms with Crippen molar-refractivity contribution in [1.82, 2.24) is 5.32 Å². The molecule has 0 spiro atoms. The Kier molecular flexibility index (Phi) is 4.74. The highest BCUT2D eigenvalue weighted by molar-refractivity contribution is 5.84. The number of nitrogens with two attached hydrogens (primary N) is 1. The summed E-state index contributed by atoms with van der Waals surface area (Å²) in [6.45, 7) is 0. The van der Waals surface area contributed by atoms with Crippen molar-refractivity contribution in [3.63, 3.8) is 0 Å². The number of terminal acetylenes is 1. The minimum atomic E-state index is -0.202. The fraction of sp³-hybridized carbons (Fsp3) is 0.654. The fourth-order valence-electron chi connectivity index (χ4n) is 7.71. The third-order valence-electron chi connectivity index (χ3n) is 8.83. The van der Waals surface area contributed by atoms with Crippen LogP contribution in [0.25, 0.3) is 0 Å². The minimum absolute atomic E-state index is 0.157. The third kappa shape index (κ3) is 3.21. The van der Waals surface area contributed by atoms with Crippen molar-refractivity contribution < 1.29 is 4.79 Å². The summed E-state index contributed by atoms with van der Waals surface area (Å²) >= 11 is 0. The molecule has 0 heterocycles. The molecule has 6 rings (SSSR count). The van der Waals surface area contributed by atoms with E-state index < -0.39 is 0 Å². The van der Waals surface area contributed by atoms with Crippen LogP contribution in [-0.4, -0.2) is 18.0 Å². The fourth-order valence-corrected chi connectivity index (χ4v) is 7.71. The lowest BCUT2D eigenvalue weighted by molar-refractivity contribution is -0.158. The highest BCUT2D eigenvalue weighted by Gasteiger charge is 2.63. The van der Waals surface area contributed by atoms with E-state index in [4.69, 9.17) is 12.2 Å². The monoisotopic (exact) mass is 390 g/mol. The molecule has 154 valence electrons. The second-order valence-electron chi connectivity index (χ2n) is 10.6. The summed E-state index contributed by atoms with van der Waals surface area (Å²) < 4.78 is 0. The number of carbonyl (C=O) groups is 1. The quantitative estimate of drug-likeness (QED) is 0.759. The van der Waals surface area contributed by atoms with E-state index in [0.717, 1.165) is 51.4 Å².